The molecule has 1 saturated carbocycles. The highest BCUT2D eigenvalue weighted by molar-refractivity contribution is 5.34. The average molecular weight is 524 g/mol. The number of hydrogen-bond acceptors (Lipinski definition) is 3. The summed E-state index contributed by atoms with van der Waals surface area (Å²) in [6.07, 6.45) is -6.40. The van der Waals surface area contributed by atoms with Crippen molar-refractivity contribution in [2.45, 2.75) is 63.3 Å². The Balaban J connectivity index is 1.61. The molecule has 1 saturated heterocycles. The van der Waals surface area contributed by atoms with Gasteiger partial charge >= 0.3 is 12.4 Å². The maximum absolute atomic E-state index is 13.8. The normalized spacial score (nSPS) is 32.5. The monoisotopic (exact) mass is 523 g/mol. The van der Waals surface area contributed by atoms with Crippen LogP contribution >= 0.6 is 0 Å². The van der Waals surface area contributed by atoms with E-state index in [-0.39, 0.29) is 42.1 Å². The Bertz CT molecular complexity index is 900. The van der Waals surface area contributed by atoms with E-state index in [2.05, 4.69) is 4.90 Å². The van der Waals surface area contributed by atoms with Crippen molar-refractivity contribution < 1.29 is 40.6 Å². The smallest absolute Gasteiger partial charge is 0.395 e. The zero-order valence-corrected chi connectivity index (χ0v) is 20.0. The van der Waals surface area contributed by atoms with Crippen LogP contribution in [0.5, 0.6) is 0 Å². The third-order valence-electron chi connectivity index (χ3n) is 8.02. The van der Waals surface area contributed by atoms with E-state index in [1.54, 1.807) is 6.08 Å². The number of halogens is 7. The van der Waals surface area contributed by atoms with Gasteiger partial charge in [-0.1, -0.05) is 12.2 Å². The summed E-state index contributed by atoms with van der Waals surface area (Å²) in [5, 5.41) is 9.38. The number of nitrogens with zero attached hydrogens (tertiary/aromatic N) is 1. The molecule has 10 heteroatoms. The lowest BCUT2D eigenvalue weighted by Gasteiger charge is -2.44. The first-order valence-electron chi connectivity index (χ1n) is 12.5. The van der Waals surface area contributed by atoms with Crippen molar-refractivity contribution >= 4 is 0 Å². The molecule has 36 heavy (non-hydrogen) atoms. The maximum Gasteiger partial charge on any atom is 0.416 e. The molecule has 4 rings (SSSR count). The highest BCUT2D eigenvalue weighted by Gasteiger charge is 2.48. The van der Waals surface area contributed by atoms with Crippen LogP contribution in [-0.4, -0.2) is 48.5 Å². The van der Waals surface area contributed by atoms with Crippen molar-refractivity contribution in [1.82, 2.24) is 4.90 Å². The SMILES string of the molecule is C[C@@H](O[C@H]1CC[C@H]2CN(CCO)C[C@H]2[C@@H]1C1C=CC(F)CC1)c1cc(C(F)(F)F)cc(C(F)(F)F)c1. The van der Waals surface area contributed by atoms with Crippen LogP contribution in [0.2, 0.25) is 0 Å². The summed E-state index contributed by atoms with van der Waals surface area (Å²) < 4.78 is 100. The van der Waals surface area contributed by atoms with Crippen LogP contribution in [0, 0.1) is 23.7 Å². The van der Waals surface area contributed by atoms with Gasteiger partial charge in [0.1, 0.15) is 6.17 Å². The first kappa shape index (κ1) is 27.4. The molecule has 1 aromatic carbocycles. The van der Waals surface area contributed by atoms with Gasteiger partial charge in [0.25, 0.3) is 0 Å². The lowest BCUT2D eigenvalue weighted by atomic mass is 9.65. The van der Waals surface area contributed by atoms with Crippen LogP contribution in [0.3, 0.4) is 0 Å². The number of ether oxygens (including phenoxy) is 1. The minimum absolute atomic E-state index is 0.0170. The van der Waals surface area contributed by atoms with E-state index in [9.17, 15) is 35.8 Å². The minimum atomic E-state index is -4.92. The lowest BCUT2D eigenvalue weighted by Crippen LogP contribution is -2.44. The minimum Gasteiger partial charge on any atom is -0.395 e. The Morgan fingerprint density at radius 2 is 1.61 bits per heavy atom. The van der Waals surface area contributed by atoms with Crippen molar-refractivity contribution in [2.24, 2.45) is 23.7 Å². The average Bonchev–Trinajstić information content (AvgIpc) is 3.21. The number of β-amino-alcohol motifs (C(OH)–C–C–N with tert-alkyl or cyclic N) is 1. The Kier molecular flexibility index (Phi) is 8.07. The van der Waals surface area contributed by atoms with Crippen molar-refractivity contribution in [2.75, 3.05) is 26.2 Å². The molecule has 7 atom stereocenters. The van der Waals surface area contributed by atoms with Crippen molar-refractivity contribution in [3.05, 3.63) is 47.0 Å². The highest BCUT2D eigenvalue weighted by atomic mass is 19.4. The van der Waals surface area contributed by atoms with Gasteiger partial charge < -0.3 is 14.7 Å². The van der Waals surface area contributed by atoms with Crippen LogP contribution in [0.4, 0.5) is 30.7 Å². The zero-order valence-electron chi connectivity index (χ0n) is 20.0. The number of aliphatic hydroxyl groups excluding tert-OH is 1. The summed E-state index contributed by atoms with van der Waals surface area (Å²) >= 11 is 0. The van der Waals surface area contributed by atoms with Gasteiger partial charge in [0.15, 0.2) is 0 Å². The molecule has 0 spiro atoms. The summed E-state index contributed by atoms with van der Waals surface area (Å²) in [5.41, 5.74) is -2.89. The summed E-state index contributed by atoms with van der Waals surface area (Å²) in [4.78, 5) is 2.18. The van der Waals surface area contributed by atoms with Crippen LogP contribution < -0.4 is 0 Å². The van der Waals surface area contributed by atoms with Crippen LogP contribution in [-0.2, 0) is 17.1 Å². The van der Waals surface area contributed by atoms with E-state index in [4.69, 9.17) is 4.74 Å². The molecule has 202 valence electrons. The number of alkyl halides is 7. The van der Waals surface area contributed by atoms with Gasteiger partial charge in [0.05, 0.1) is 29.9 Å². The van der Waals surface area contributed by atoms with Gasteiger partial charge in [0.2, 0.25) is 0 Å². The number of likely N-dealkylation sites (tertiary alicyclic amines) is 1. The molecule has 2 fully saturated rings. The van der Waals surface area contributed by atoms with E-state index >= 15 is 0 Å². The van der Waals surface area contributed by atoms with Gasteiger partial charge in [-0.2, -0.15) is 26.3 Å². The van der Waals surface area contributed by atoms with Crippen molar-refractivity contribution in [3.63, 3.8) is 0 Å². The largest absolute Gasteiger partial charge is 0.416 e. The predicted octanol–water partition coefficient (Wildman–Crippen LogP) is 6.43. The topological polar surface area (TPSA) is 32.7 Å². The summed E-state index contributed by atoms with van der Waals surface area (Å²) in [5.74, 6) is 0.536. The molecular formula is C26H32F7NO2. The maximum atomic E-state index is 13.8. The zero-order chi connectivity index (χ0) is 26.3. The second-order valence-electron chi connectivity index (χ2n) is 10.4. The number of allylic oxidation sites excluding steroid dienone is 2. The van der Waals surface area contributed by atoms with E-state index in [0.29, 0.717) is 31.7 Å². The van der Waals surface area contributed by atoms with Crippen LogP contribution in [0.25, 0.3) is 0 Å². The van der Waals surface area contributed by atoms with Gasteiger partial charge in [-0.15, -0.1) is 0 Å². The molecule has 0 bridgehead atoms. The molecule has 3 aliphatic rings. The van der Waals surface area contributed by atoms with Crippen molar-refractivity contribution in [3.8, 4) is 0 Å². The summed E-state index contributed by atoms with van der Waals surface area (Å²) in [7, 11) is 0. The third-order valence-corrected chi connectivity index (χ3v) is 8.02. The van der Waals surface area contributed by atoms with Crippen LogP contribution in [0.1, 0.15) is 55.4 Å². The molecule has 3 nitrogen and oxygen atoms in total. The Labute approximate surface area is 206 Å². The molecule has 1 heterocycles. The number of benzene rings is 1. The molecular weight excluding hydrogens is 491 g/mol. The van der Waals surface area contributed by atoms with Gasteiger partial charge in [-0.05, 0) is 80.0 Å². The fourth-order valence-electron chi connectivity index (χ4n) is 6.34. The first-order valence-corrected chi connectivity index (χ1v) is 12.5. The van der Waals surface area contributed by atoms with Crippen LogP contribution in [0.15, 0.2) is 30.4 Å². The summed E-state index contributed by atoms with van der Waals surface area (Å²) in [6, 6.07) is 1.58. The lowest BCUT2D eigenvalue weighted by molar-refractivity contribution is -0.143. The van der Waals surface area contributed by atoms with Crippen molar-refractivity contribution in [1.29, 1.82) is 0 Å². The fourth-order valence-corrected chi connectivity index (χ4v) is 6.34. The molecule has 2 unspecified atom stereocenters. The number of rotatable bonds is 6. The molecule has 1 aliphatic heterocycles. The number of fused-ring (bicyclic) bond motifs is 1. The van der Waals surface area contributed by atoms with Gasteiger partial charge in [0, 0.05) is 19.6 Å². The fraction of sp³-hybridized carbons (Fsp3) is 0.692. The Hall–Kier alpha value is -1.65. The van der Waals surface area contributed by atoms with E-state index in [0.717, 1.165) is 31.6 Å². The second-order valence-corrected chi connectivity index (χ2v) is 10.4. The number of hydrogen-bond donors (Lipinski definition) is 1. The Morgan fingerprint density at radius 1 is 0.944 bits per heavy atom. The Morgan fingerprint density at radius 3 is 2.17 bits per heavy atom. The first-order chi connectivity index (χ1) is 16.9. The third kappa shape index (κ3) is 6.07. The number of aliphatic hydroxyl groups is 1. The predicted molar refractivity (Wildman–Crippen MR) is 120 cm³/mol. The molecule has 2 aliphatic carbocycles. The molecule has 0 amide bonds. The molecule has 1 N–H and O–H groups in total. The van der Waals surface area contributed by atoms with Gasteiger partial charge in [-0.25, -0.2) is 4.39 Å². The molecule has 0 aromatic heterocycles. The van der Waals surface area contributed by atoms with E-state index in [1.807, 2.05) is 6.08 Å². The molecule has 0 radical (unpaired) electrons. The highest BCUT2D eigenvalue weighted by Crippen LogP contribution is 2.48. The van der Waals surface area contributed by atoms with Gasteiger partial charge in [-0.3, -0.25) is 0 Å². The standard InChI is InChI=1S/C26H32F7NO2/c1-15(18-10-19(25(28,29)30)12-20(11-18)26(31,32)33)36-23-7-4-17-13-34(8-9-35)14-22(17)24(23)16-2-5-21(27)6-3-16/h2,5,10-12,15-17,21-24,35H,3-4,6-9,13-14H2,1H3/t15-,16?,17+,21?,22-,23+,24+/m1/s1. The summed E-state index contributed by atoms with van der Waals surface area (Å²) in [6.45, 7) is 3.62. The van der Waals surface area contributed by atoms with E-state index in [1.165, 1.54) is 6.92 Å². The molecule has 1 aromatic rings. The second kappa shape index (κ2) is 10.6. The van der Waals surface area contributed by atoms with E-state index < -0.39 is 35.8 Å². The quantitative estimate of drug-likeness (QED) is 0.345.